The van der Waals surface area contributed by atoms with Gasteiger partial charge in [0.1, 0.15) is 6.07 Å². The molecule has 0 amide bonds. The van der Waals surface area contributed by atoms with E-state index < -0.39 is 10.0 Å². The van der Waals surface area contributed by atoms with Crippen molar-refractivity contribution in [3.05, 3.63) is 28.8 Å². The number of nitrogens with zero attached hydrogens (tertiary/aromatic N) is 1. The van der Waals surface area contributed by atoms with Crippen LogP contribution in [0.5, 0.6) is 0 Å². The molecule has 1 rings (SSSR count). The fraction of sp³-hybridized carbons (Fsp3) is 0.364. The third-order valence-electron chi connectivity index (χ3n) is 2.25. The van der Waals surface area contributed by atoms with Crippen molar-refractivity contribution in [2.24, 2.45) is 0 Å². The third kappa shape index (κ3) is 3.96. The van der Waals surface area contributed by atoms with Crippen LogP contribution in [0.25, 0.3) is 0 Å². The lowest BCUT2D eigenvalue weighted by molar-refractivity contribution is 0.285. The van der Waals surface area contributed by atoms with Crippen LogP contribution in [0.3, 0.4) is 0 Å². The highest BCUT2D eigenvalue weighted by Gasteiger charge is 2.14. The standard InChI is InChI=1S/C11H13ClN2O3S/c12-11-7-10(4-3-9(11)8-13)18(16,17)14-5-1-2-6-15/h3-4,7,14-15H,1-2,5-6H2. The molecule has 1 aromatic carbocycles. The van der Waals surface area contributed by atoms with Crippen molar-refractivity contribution in [1.82, 2.24) is 4.72 Å². The van der Waals surface area contributed by atoms with E-state index in [0.717, 1.165) is 0 Å². The number of aliphatic hydroxyl groups is 1. The van der Waals surface area contributed by atoms with Crippen LogP contribution in [0.4, 0.5) is 0 Å². The van der Waals surface area contributed by atoms with Crippen molar-refractivity contribution in [2.75, 3.05) is 13.2 Å². The van der Waals surface area contributed by atoms with Crippen LogP contribution in [0.2, 0.25) is 5.02 Å². The van der Waals surface area contributed by atoms with Crippen LogP contribution in [0, 0.1) is 11.3 Å². The maximum atomic E-state index is 11.8. The zero-order valence-corrected chi connectivity index (χ0v) is 11.1. The summed E-state index contributed by atoms with van der Waals surface area (Å²) in [6.45, 7) is 0.283. The normalized spacial score (nSPS) is 11.2. The van der Waals surface area contributed by atoms with E-state index in [4.69, 9.17) is 22.0 Å². The molecule has 7 heteroatoms. The molecule has 0 saturated carbocycles. The Bertz CT molecular complexity index is 552. The van der Waals surface area contributed by atoms with Crippen molar-refractivity contribution in [3.63, 3.8) is 0 Å². The Morgan fingerprint density at radius 3 is 2.67 bits per heavy atom. The number of halogens is 1. The fourth-order valence-electron chi connectivity index (χ4n) is 1.28. The Labute approximate surface area is 111 Å². The van der Waals surface area contributed by atoms with Crippen LogP contribution in [0.1, 0.15) is 18.4 Å². The van der Waals surface area contributed by atoms with Gasteiger partial charge in [-0.1, -0.05) is 11.6 Å². The summed E-state index contributed by atoms with van der Waals surface area (Å²) in [7, 11) is -3.61. The highest BCUT2D eigenvalue weighted by molar-refractivity contribution is 7.89. The maximum Gasteiger partial charge on any atom is 0.240 e. The lowest BCUT2D eigenvalue weighted by Crippen LogP contribution is -2.25. The predicted octanol–water partition coefficient (Wildman–Crippen LogP) is 1.26. The van der Waals surface area contributed by atoms with E-state index in [9.17, 15) is 8.42 Å². The van der Waals surface area contributed by atoms with Crippen LogP contribution < -0.4 is 4.72 Å². The molecule has 18 heavy (non-hydrogen) atoms. The Hall–Kier alpha value is -1.13. The molecule has 1 aromatic rings. The van der Waals surface area contributed by atoms with E-state index in [1.807, 2.05) is 6.07 Å². The first-order valence-corrected chi connectivity index (χ1v) is 7.17. The fourth-order valence-corrected chi connectivity index (χ4v) is 2.67. The molecule has 0 aliphatic carbocycles. The molecular weight excluding hydrogens is 276 g/mol. The number of unbranched alkanes of at least 4 members (excludes halogenated alkanes) is 1. The number of rotatable bonds is 6. The SMILES string of the molecule is N#Cc1ccc(S(=O)(=O)NCCCCO)cc1Cl. The van der Waals surface area contributed by atoms with Gasteiger partial charge in [0.25, 0.3) is 0 Å². The molecule has 0 aromatic heterocycles. The van der Waals surface area contributed by atoms with Gasteiger partial charge in [0.15, 0.2) is 0 Å². The molecule has 0 radical (unpaired) electrons. The van der Waals surface area contributed by atoms with Crippen molar-refractivity contribution < 1.29 is 13.5 Å². The quantitative estimate of drug-likeness (QED) is 0.771. The molecule has 98 valence electrons. The monoisotopic (exact) mass is 288 g/mol. The summed E-state index contributed by atoms with van der Waals surface area (Å²) < 4.78 is 26.1. The van der Waals surface area contributed by atoms with E-state index in [1.165, 1.54) is 18.2 Å². The van der Waals surface area contributed by atoms with E-state index in [1.54, 1.807) is 0 Å². The van der Waals surface area contributed by atoms with E-state index >= 15 is 0 Å². The molecule has 0 atom stereocenters. The van der Waals surface area contributed by atoms with Gasteiger partial charge in [0.05, 0.1) is 15.5 Å². The smallest absolute Gasteiger partial charge is 0.240 e. The van der Waals surface area contributed by atoms with Crippen molar-refractivity contribution >= 4 is 21.6 Å². The average Bonchev–Trinajstić information content (AvgIpc) is 2.34. The second kappa shape index (κ2) is 6.71. The summed E-state index contributed by atoms with van der Waals surface area (Å²) in [6.07, 6.45) is 1.09. The van der Waals surface area contributed by atoms with Gasteiger partial charge in [-0.25, -0.2) is 13.1 Å². The summed E-state index contributed by atoms with van der Waals surface area (Å²) in [4.78, 5) is 0.0236. The number of hydrogen-bond acceptors (Lipinski definition) is 4. The van der Waals surface area contributed by atoms with E-state index in [2.05, 4.69) is 4.72 Å². The molecule has 0 unspecified atom stereocenters. The minimum atomic E-state index is -3.61. The number of nitriles is 1. The number of benzene rings is 1. The van der Waals surface area contributed by atoms with Gasteiger partial charge in [-0.3, -0.25) is 0 Å². The minimum Gasteiger partial charge on any atom is -0.396 e. The number of sulfonamides is 1. The molecule has 2 N–H and O–H groups in total. The average molecular weight is 289 g/mol. The van der Waals surface area contributed by atoms with Crippen LogP contribution in [-0.4, -0.2) is 26.7 Å². The van der Waals surface area contributed by atoms with Gasteiger partial charge in [0, 0.05) is 13.2 Å². The van der Waals surface area contributed by atoms with Gasteiger partial charge in [0.2, 0.25) is 10.0 Å². The zero-order valence-electron chi connectivity index (χ0n) is 9.56. The Morgan fingerprint density at radius 2 is 2.11 bits per heavy atom. The van der Waals surface area contributed by atoms with Gasteiger partial charge >= 0.3 is 0 Å². The topological polar surface area (TPSA) is 90.2 Å². The molecule has 0 aliphatic heterocycles. The van der Waals surface area contributed by atoms with E-state index in [0.29, 0.717) is 12.8 Å². The number of hydrogen-bond donors (Lipinski definition) is 2. The van der Waals surface area contributed by atoms with Crippen molar-refractivity contribution in [3.8, 4) is 6.07 Å². The Kier molecular flexibility index (Phi) is 5.56. The van der Waals surface area contributed by atoms with Gasteiger partial charge in [-0.05, 0) is 31.0 Å². The largest absolute Gasteiger partial charge is 0.396 e. The van der Waals surface area contributed by atoms with Gasteiger partial charge in [-0.2, -0.15) is 5.26 Å². The summed E-state index contributed by atoms with van der Waals surface area (Å²) in [5.41, 5.74) is 0.232. The summed E-state index contributed by atoms with van der Waals surface area (Å²) >= 11 is 5.77. The Balaban J connectivity index is 2.80. The molecule has 0 saturated heterocycles. The first-order valence-electron chi connectivity index (χ1n) is 5.31. The van der Waals surface area contributed by atoms with Crippen LogP contribution in [0.15, 0.2) is 23.1 Å². The van der Waals surface area contributed by atoms with Crippen LogP contribution in [-0.2, 0) is 10.0 Å². The minimum absolute atomic E-state index is 0.0236. The number of aliphatic hydroxyl groups excluding tert-OH is 1. The van der Waals surface area contributed by atoms with Gasteiger partial charge < -0.3 is 5.11 Å². The Morgan fingerprint density at radius 1 is 1.39 bits per heavy atom. The molecule has 0 bridgehead atoms. The zero-order chi connectivity index (χ0) is 13.6. The predicted molar refractivity (Wildman–Crippen MR) is 67.7 cm³/mol. The van der Waals surface area contributed by atoms with Crippen LogP contribution >= 0.6 is 11.6 Å². The molecule has 0 aliphatic rings. The second-order valence-electron chi connectivity index (χ2n) is 3.58. The van der Waals surface area contributed by atoms with Crippen molar-refractivity contribution in [2.45, 2.75) is 17.7 Å². The third-order valence-corrected chi connectivity index (χ3v) is 4.02. The molecule has 0 spiro atoms. The van der Waals surface area contributed by atoms with E-state index in [-0.39, 0.29) is 28.6 Å². The highest BCUT2D eigenvalue weighted by atomic mass is 35.5. The lowest BCUT2D eigenvalue weighted by Gasteiger charge is -2.07. The molecule has 0 heterocycles. The molecular formula is C11H13ClN2O3S. The summed E-state index contributed by atoms with van der Waals surface area (Å²) in [6, 6.07) is 5.80. The van der Waals surface area contributed by atoms with Gasteiger partial charge in [-0.15, -0.1) is 0 Å². The molecule has 0 fully saturated rings. The lowest BCUT2D eigenvalue weighted by atomic mass is 10.2. The first-order chi connectivity index (χ1) is 8.51. The van der Waals surface area contributed by atoms with Crippen molar-refractivity contribution in [1.29, 1.82) is 5.26 Å². The molecule has 5 nitrogen and oxygen atoms in total. The summed E-state index contributed by atoms with van der Waals surface area (Å²) in [5, 5.41) is 17.4. The highest BCUT2D eigenvalue weighted by Crippen LogP contribution is 2.19. The first kappa shape index (κ1) is 14.9. The maximum absolute atomic E-state index is 11.8. The second-order valence-corrected chi connectivity index (χ2v) is 5.76. The summed E-state index contributed by atoms with van der Waals surface area (Å²) in [5.74, 6) is 0. The number of nitrogens with one attached hydrogen (secondary N) is 1.